The molecule has 0 amide bonds. The monoisotopic (exact) mass is 524 g/mol. The van der Waals surface area contributed by atoms with Crippen LogP contribution in [-0.4, -0.2) is 14.2 Å². The Bertz CT molecular complexity index is 1380. The summed E-state index contributed by atoms with van der Waals surface area (Å²) in [5.74, 6) is 0.299. The lowest BCUT2D eigenvalue weighted by Gasteiger charge is -2.51. The normalized spacial score (nSPS) is 21.0. The maximum Gasteiger partial charge on any atom is 0.226 e. The van der Waals surface area contributed by atoms with Crippen molar-refractivity contribution in [1.29, 1.82) is 0 Å². The van der Waals surface area contributed by atoms with Gasteiger partial charge in [-0.15, -0.1) is 0 Å². The molecule has 0 saturated heterocycles. The zero-order valence-electron chi connectivity index (χ0n) is 19.4. The van der Waals surface area contributed by atoms with Gasteiger partial charge >= 0.3 is 0 Å². The lowest BCUT2D eigenvalue weighted by Crippen LogP contribution is -2.40. The summed E-state index contributed by atoms with van der Waals surface area (Å²) in [5, 5.41) is 1.23. The van der Waals surface area contributed by atoms with Crippen molar-refractivity contribution in [2.75, 3.05) is 14.2 Å². The van der Waals surface area contributed by atoms with Crippen molar-refractivity contribution >= 4 is 23.2 Å². The van der Waals surface area contributed by atoms with Crippen LogP contribution in [0.5, 0.6) is 11.5 Å². The Labute approximate surface area is 217 Å². The van der Waals surface area contributed by atoms with Gasteiger partial charge in [-0.3, -0.25) is 9.59 Å². The van der Waals surface area contributed by atoms with Crippen LogP contribution in [0.4, 0.5) is 0 Å². The highest BCUT2D eigenvalue weighted by Gasteiger charge is 2.55. The molecule has 1 aliphatic carbocycles. The molecule has 8 heteroatoms. The van der Waals surface area contributed by atoms with Gasteiger partial charge in [-0.2, -0.15) is 0 Å². The van der Waals surface area contributed by atoms with Crippen molar-refractivity contribution in [3.8, 4) is 11.5 Å². The van der Waals surface area contributed by atoms with Gasteiger partial charge in [0, 0.05) is 45.8 Å². The molecule has 2 aromatic carbocycles. The van der Waals surface area contributed by atoms with Gasteiger partial charge < -0.3 is 18.3 Å². The topological polar surface area (TPSA) is 78.9 Å². The van der Waals surface area contributed by atoms with E-state index >= 15 is 0 Å². The second-order valence-corrected chi connectivity index (χ2v) is 9.51. The first-order chi connectivity index (χ1) is 17.4. The molecule has 1 saturated carbocycles. The molecular formula is C28H22Cl2O6. The van der Waals surface area contributed by atoms with Crippen molar-refractivity contribution in [2.24, 2.45) is 0 Å². The van der Waals surface area contributed by atoms with Gasteiger partial charge in [0.05, 0.1) is 14.2 Å². The largest absolute Gasteiger partial charge is 0.490 e. The average molecular weight is 525 g/mol. The fourth-order valence-electron chi connectivity index (χ4n) is 5.13. The van der Waals surface area contributed by atoms with Crippen LogP contribution in [0.2, 0.25) is 10.0 Å². The lowest BCUT2D eigenvalue weighted by molar-refractivity contribution is 0.170. The van der Waals surface area contributed by atoms with Crippen LogP contribution in [0.25, 0.3) is 0 Å². The molecule has 6 nitrogen and oxygen atoms in total. The maximum atomic E-state index is 12.7. The number of ether oxygens (including phenoxy) is 2. The molecule has 0 spiro atoms. The van der Waals surface area contributed by atoms with E-state index in [0.29, 0.717) is 21.6 Å². The molecule has 4 atom stereocenters. The van der Waals surface area contributed by atoms with Crippen LogP contribution >= 0.6 is 23.2 Å². The van der Waals surface area contributed by atoms with E-state index in [1.54, 1.807) is 0 Å². The van der Waals surface area contributed by atoms with E-state index in [0.717, 1.165) is 11.1 Å². The molecule has 0 N–H and O–H groups in total. The minimum Gasteiger partial charge on any atom is -0.490 e. The smallest absolute Gasteiger partial charge is 0.226 e. The molecule has 36 heavy (non-hydrogen) atoms. The Morgan fingerprint density at radius 1 is 0.611 bits per heavy atom. The number of methoxy groups -OCH3 is 2. The number of halogens is 2. The maximum absolute atomic E-state index is 12.7. The number of hydrogen-bond donors (Lipinski definition) is 0. The predicted molar refractivity (Wildman–Crippen MR) is 137 cm³/mol. The van der Waals surface area contributed by atoms with E-state index in [-0.39, 0.29) is 46.0 Å². The van der Waals surface area contributed by atoms with Crippen molar-refractivity contribution in [3.63, 3.8) is 0 Å². The lowest BCUT2D eigenvalue weighted by atomic mass is 9.51. The molecule has 0 aliphatic heterocycles. The second-order valence-electron chi connectivity index (χ2n) is 8.64. The summed E-state index contributed by atoms with van der Waals surface area (Å²) in [6.45, 7) is 0. The minimum atomic E-state index is -0.318. The van der Waals surface area contributed by atoms with Gasteiger partial charge in [-0.25, -0.2) is 0 Å². The standard InChI is InChI=1S/C28H22Cl2O6/c1-33-23-13-35-21(11-19(23)31)27-25(15-3-7-17(29)8-4-15)26(16-5-9-18(30)10-6-16)28(27)22-12-20(32)24(34-2)14-36-22/h3-14,25-28H,1-2H3/t25-,26-,27+,28+/m1/s1. The summed E-state index contributed by atoms with van der Waals surface area (Å²) in [5.41, 5.74) is 1.43. The van der Waals surface area contributed by atoms with Crippen LogP contribution in [0.3, 0.4) is 0 Å². The van der Waals surface area contributed by atoms with E-state index in [1.165, 1.54) is 38.9 Å². The van der Waals surface area contributed by atoms with Crippen LogP contribution in [-0.2, 0) is 0 Å². The van der Waals surface area contributed by atoms with Crippen LogP contribution in [0, 0.1) is 0 Å². The van der Waals surface area contributed by atoms with Crippen molar-refractivity contribution in [2.45, 2.75) is 23.7 Å². The number of hydrogen-bond acceptors (Lipinski definition) is 6. The number of benzene rings is 2. The molecule has 184 valence electrons. The summed E-state index contributed by atoms with van der Waals surface area (Å²) >= 11 is 12.4. The predicted octanol–water partition coefficient (Wildman–Crippen LogP) is 6.37. The van der Waals surface area contributed by atoms with E-state index in [9.17, 15) is 9.59 Å². The molecule has 2 aromatic heterocycles. The highest BCUT2D eigenvalue weighted by atomic mass is 35.5. The van der Waals surface area contributed by atoms with Gasteiger partial charge in [0.25, 0.3) is 0 Å². The second kappa shape index (κ2) is 9.88. The van der Waals surface area contributed by atoms with Gasteiger partial charge in [0.1, 0.15) is 24.0 Å². The molecule has 2 heterocycles. The van der Waals surface area contributed by atoms with E-state index in [4.69, 9.17) is 41.5 Å². The Balaban J connectivity index is 1.71. The van der Waals surface area contributed by atoms with Crippen molar-refractivity contribution in [1.82, 2.24) is 0 Å². The van der Waals surface area contributed by atoms with Crippen LogP contribution in [0.1, 0.15) is 46.3 Å². The Morgan fingerprint density at radius 3 is 1.28 bits per heavy atom. The van der Waals surface area contributed by atoms with Crippen molar-refractivity contribution in [3.05, 3.63) is 126 Å². The van der Waals surface area contributed by atoms with E-state index in [2.05, 4.69) is 0 Å². The Hall–Kier alpha value is -3.48. The SMILES string of the molecule is COc1coc([C@H]2[C@H](c3ccc(Cl)cc3)[C@@H](c3ccc(Cl)cc3)[C@@H]2c2cc(=O)c(OC)co2)cc1=O. The summed E-state index contributed by atoms with van der Waals surface area (Å²) in [6, 6.07) is 18.1. The van der Waals surface area contributed by atoms with E-state index < -0.39 is 0 Å². The summed E-state index contributed by atoms with van der Waals surface area (Å²) in [4.78, 5) is 25.3. The molecule has 5 rings (SSSR count). The quantitative estimate of drug-likeness (QED) is 0.291. The van der Waals surface area contributed by atoms with Gasteiger partial charge in [-0.05, 0) is 35.4 Å². The fourth-order valence-corrected chi connectivity index (χ4v) is 5.38. The average Bonchev–Trinajstić information content (AvgIpc) is 2.86. The van der Waals surface area contributed by atoms with Crippen LogP contribution < -0.4 is 20.3 Å². The molecule has 1 aliphatic rings. The Kier molecular flexibility index (Phi) is 6.65. The van der Waals surface area contributed by atoms with Gasteiger partial charge in [0.2, 0.25) is 22.4 Å². The first-order valence-electron chi connectivity index (χ1n) is 11.3. The van der Waals surface area contributed by atoms with Gasteiger partial charge in [-0.1, -0.05) is 47.5 Å². The van der Waals surface area contributed by atoms with Crippen molar-refractivity contribution < 1.29 is 18.3 Å². The molecular weight excluding hydrogens is 503 g/mol. The third-order valence-corrected chi connectivity index (χ3v) is 7.29. The molecule has 0 unspecified atom stereocenters. The third kappa shape index (κ3) is 4.31. The first-order valence-corrected chi connectivity index (χ1v) is 12.0. The molecule has 0 bridgehead atoms. The summed E-state index contributed by atoms with van der Waals surface area (Å²) in [7, 11) is 2.83. The highest BCUT2D eigenvalue weighted by molar-refractivity contribution is 6.30. The fraction of sp³-hybridized carbons (Fsp3) is 0.214. The minimum absolute atomic E-state index is 0.114. The molecule has 0 radical (unpaired) electrons. The molecule has 1 fully saturated rings. The van der Waals surface area contributed by atoms with E-state index in [1.807, 2.05) is 48.5 Å². The first kappa shape index (κ1) is 24.2. The number of rotatable bonds is 6. The zero-order valence-corrected chi connectivity index (χ0v) is 21.0. The Morgan fingerprint density at radius 2 is 0.972 bits per heavy atom. The molecule has 4 aromatic rings. The van der Waals surface area contributed by atoms with Gasteiger partial charge in [0.15, 0.2) is 0 Å². The summed E-state index contributed by atoms with van der Waals surface area (Å²) < 4.78 is 22.1. The highest BCUT2D eigenvalue weighted by Crippen LogP contribution is 2.66. The third-order valence-electron chi connectivity index (χ3n) is 6.79. The summed E-state index contributed by atoms with van der Waals surface area (Å²) in [6.07, 6.45) is 2.63. The van der Waals surface area contributed by atoms with Crippen LogP contribution in [0.15, 0.2) is 91.6 Å². The zero-order chi connectivity index (χ0) is 25.4.